The number of amides is 2. The van der Waals surface area contributed by atoms with Crippen LogP contribution in [0.3, 0.4) is 0 Å². The first-order valence-corrected chi connectivity index (χ1v) is 7.57. The van der Waals surface area contributed by atoms with E-state index in [1.165, 1.54) is 7.11 Å². The van der Waals surface area contributed by atoms with E-state index in [0.29, 0.717) is 17.2 Å². The average Bonchev–Trinajstić information content (AvgIpc) is 2.41. The van der Waals surface area contributed by atoms with E-state index in [9.17, 15) is 9.59 Å². The summed E-state index contributed by atoms with van der Waals surface area (Å²) in [7, 11) is 1.54. The van der Waals surface area contributed by atoms with Crippen molar-refractivity contribution < 1.29 is 19.1 Å². The number of halogens is 1. The van der Waals surface area contributed by atoms with E-state index < -0.39 is 17.6 Å². The molecule has 0 aliphatic heterocycles. The predicted molar refractivity (Wildman–Crippen MR) is 88.6 cm³/mol. The standard InChI is InChI=1S/C16H23ClN2O4/c1-16(2,3)19-14(20)11(9-23-15(18)21)7-10-8-12(17)5-6-13(10)22-4/h5-6,8,11H,7,9H2,1-4H3,(H2,18,21)(H,19,20)/t11-/m1/s1. The average molecular weight is 343 g/mol. The van der Waals surface area contributed by atoms with Crippen molar-refractivity contribution in [2.75, 3.05) is 13.7 Å². The Kier molecular flexibility index (Phi) is 6.69. The summed E-state index contributed by atoms with van der Waals surface area (Å²) in [4.78, 5) is 23.3. The summed E-state index contributed by atoms with van der Waals surface area (Å²) in [6.45, 7) is 5.50. The van der Waals surface area contributed by atoms with Crippen LogP contribution < -0.4 is 15.8 Å². The summed E-state index contributed by atoms with van der Waals surface area (Å²) in [5, 5.41) is 3.40. The zero-order valence-corrected chi connectivity index (χ0v) is 14.6. The first-order valence-electron chi connectivity index (χ1n) is 7.19. The van der Waals surface area contributed by atoms with Crippen molar-refractivity contribution >= 4 is 23.6 Å². The normalized spacial score (nSPS) is 12.4. The van der Waals surface area contributed by atoms with Crippen molar-refractivity contribution in [2.45, 2.75) is 32.7 Å². The molecule has 0 aliphatic rings. The van der Waals surface area contributed by atoms with Crippen LogP contribution in [0.1, 0.15) is 26.3 Å². The third-order valence-electron chi connectivity index (χ3n) is 3.00. The Labute approximate surface area is 141 Å². The molecule has 7 heteroatoms. The van der Waals surface area contributed by atoms with Gasteiger partial charge in [0.15, 0.2) is 0 Å². The Balaban J connectivity index is 2.98. The Hall–Kier alpha value is -1.95. The molecule has 0 fully saturated rings. The van der Waals surface area contributed by atoms with Gasteiger partial charge in [0, 0.05) is 10.6 Å². The monoisotopic (exact) mass is 342 g/mol. The minimum absolute atomic E-state index is 0.118. The second-order valence-corrected chi connectivity index (χ2v) is 6.66. The third kappa shape index (κ3) is 6.78. The van der Waals surface area contributed by atoms with E-state index in [1.807, 2.05) is 20.8 Å². The number of carbonyl (C=O) groups excluding carboxylic acids is 2. The van der Waals surface area contributed by atoms with Gasteiger partial charge in [-0.2, -0.15) is 0 Å². The first-order chi connectivity index (χ1) is 10.6. The SMILES string of the molecule is COc1ccc(Cl)cc1C[C@H](COC(N)=O)C(=O)NC(C)(C)C. The van der Waals surface area contributed by atoms with Gasteiger partial charge in [0.05, 0.1) is 13.0 Å². The van der Waals surface area contributed by atoms with Gasteiger partial charge in [0.25, 0.3) is 0 Å². The van der Waals surface area contributed by atoms with Gasteiger partial charge in [-0.1, -0.05) is 11.6 Å². The van der Waals surface area contributed by atoms with E-state index in [-0.39, 0.29) is 12.5 Å². The molecule has 2 amide bonds. The van der Waals surface area contributed by atoms with Crippen molar-refractivity contribution in [1.82, 2.24) is 5.32 Å². The lowest BCUT2D eigenvalue weighted by molar-refractivity contribution is -0.127. The summed E-state index contributed by atoms with van der Waals surface area (Å²) < 4.78 is 10.1. The molecule has 0 saturated carbocycles. The molecular weight excluding hydrogens is 320 g/mol. The lowest BCUT2D eigenvalue weighted by Gasteiger charge is -2.25. The summed E-state index contributed by atoms with van der Waals surface area (Å²) >= 11 is 6.01. The molecule has 0 aliphatic carbocycles. The summed E-state index contributed by atoms with van der Waals surface area (Å²) in [6.07, 6.45) is -0.615. The van der Waals surface area contributed by atoms with E-state index in [4.69, 9.17) is 26.8 Å². The smallest absolute Gasteiger partial charge is 0.404 e. The van der Waals surface area contributed by atoms with E-state index in [2.05, 4.69) is 5.32 Å². The maximum absolute atomic E-state index is 12.4. The summed E-state index contributed by atoms with van der Waals surface area (Å²) in [6, 6.07) is 5.15. The second-order valence-electron chi connectivity index (χ2n) is 6.23. The fourth-order valence-electron chi connectivity index (χ4n) is 2.05. The van der Waals surface area contributed by atoms with Gasteiger partial charge >= 0.3 is 6.09 Å². The molecule has 1 atom stereocenters. The van der Waals surface area contributed by atoms with Crippen LogP contribution in [0.25, 0.3) is 0 Å². The minimum atomic E-state index is -0.920. The van der Waals surface area contributed by atoms with Crippen molar-refractivity contribution in [2.24, 2.45) is 11.7 Å². The number of hydrogen-bond acceptors (Lipinski definition) is 4. The van der Waals surface area contributed by atoms with Crippen molar-refractivity contribution in [1.29, 1.82) is 0 Å². The Bertz CT molecular complexity index is 570. The zero-order chi connectivity index (χ0) is 17.6. The van der Waals surface area contributed by atoms with Gasteiger partial charge in [0.2, 0.25) is 5.91 Å². The lowest BCUT2D eigenvalue weighted by atomic mass is 9.97. The van der Waals surface area contributed by atoms with E-state index >= 15 is 0 Å². The molecule has 23 heavy (non-hydrogen) atoms. The van der Waals surface area contributed by atoms with Crippen LogP contribution in [-0.2, 0) is 16.0 Å². The fraction of sp³-hybridized carbons (Fsp3) is 0.500. The second kappa shape index (κ2) is 8.06. The number of rotatable bonds is 6. The predicted octanol–water partition coefficient (Wildman–Crippen LogP) is 2.52. The number of nitrogens with two attached hydrogens (primary N) is 1. The Morgan fingerprint density at radius 2 is 2.00 bits per heavy atom. The van der Waals surface area contributed by atoms with Crippen molar-refractivity contribution in [3.8, 4) is 5.75 Å². The molecular formula is C16H23ClN2O4. The number of benzene rings is 1. The van der Waals surface area contributed by atoms with Crippen LogP contribution in [-0.4, -0.2) is 31.3 Å². The maximum atomic E-state index is 12.4. The quantitative estimate of drug-likeness (QED) is 0.831. The molecule has 0 bridgehead atoms. The van der Waals surface area contributed by atoms with Crippen LogP contribution in [0.5, 0.6) is 5.75 Å². The van der Waals surface area contributed by atoms with Crippen LogP contribution >= 0.6 is 11.6 Å². The molecule has 0 unspecified atom stereocenters. The molecule has 0 radical (unpaired) electrons. The molecule has 0 aromatic heterocycles. The number of nitrogens with one attached hydrogen (secondary N) is 1. The molecule has 1 aromatic rings. The largest absolute Gasteiger partial charge is 0.496 e. The summed E-state index contributed by atoms with van der Waals surface area (Å²) in [5.74, 6) is -0.225. The van der Waals surface area contributed by atoms with Crippen LogP contribution in [0.4, 0.5) is 4.79 Å². The van der Waals surface area contributed by atoms with Crippen molar-refractivity contribution in [3.63, 3.8) is 0 Å². The zero-order valence-electron chi connectivity index (χ0n) is 13.8. The number of methoxy groups -OCH3 is 1. The topological polar surface area (TPSA) is 90.7 Å². The van der Waals surface area contributed by atoms with Gasteiger partial charge in [-0.05, 0) is 51.0 Å². The molecule has 1 rings (SSSR count). The van der Waals surface area contributed by atoms with Gasteiger partial charge in [-0.15, -0.1) is 0 Å². The Morgan fingerprint density at radius 1 is 1.35 bits per heavy atom. The molecule has 0 saturated heterocycles. The van der Waals surface area contributed by atoms with Crippen LogP contribution in [0, 0.1) is 5.92 Å². The highest BCUT2D eigenvalue weighted by atomic mass is 35.5. The first kappa shape index (κ1) is 19.1. The number of ether oxygens (including phenoxy) is 2. The fourth-order valence-corrected chi connectivity index (χ4v) is 2.25. The van der Waals surface area contributed by atoms with Crippen LogP contribution in [0.2, 0.25) is 5.02 Å². The lowest BCUT2D eigenvalue weighted by Crippen LogP contribution is -2.45. The van der Waals surface area contributed by atoms with Gasteiger partial charge in [-0.3, -0.25) is 4.79 Å². The summed E-state index contributed by atoms with van der Waals surface area (Å²) in [5.41, 5.74) is 5.35. The number of hydrogen-bond donors (Lipinski definition) is 2. The van der Waals surface area contributed by atoms with Crippen molar-refractivity contribution in [3.05, 3.63) is 28.8 Å². The minimum Gasteiger partial charge on any atom is -0.496 e. The van der Waals surface area contributed by atoms with Gasteiger partial charge in [0.1, 0.15) is 12.4 Å². The Morgan fingerprint density at radius 3 is 2.52 bits per heavy atom. The molecule has 0 heterocycles. The molecule has 128 valence electrons. The van der Waals surface area contributed by atoms with E-state index in [1.54, 1.807) is 18.2 Å². The van der Waals surface area contributed by atoms with Crippen LogP contribution in [0.15, 0.2) is 18.2 Å². The third-order valence-corrected chi connectivity index (χ3v) is 3.24. The van der Waals surface area contributed by atoms with Gasteiger partial charge in [-0.25, -0.2) is 4.79 Å². The van der Waals surface area contributed by atoms with E-state index in [0.717, 1.165) is 5.56 Å². The molecule has 6 nitrogen and oxygen atoms in total. The highest BCUT2D eigenvalue weighted by molar-refractivity contribution is 6.30. The number of carbonyl (C=O) groups is 2. The maximum Gasteiger partial charge on any atom is 0.404 e. The highest BCUT2D eigenvalue weighted by Gasteiger charge is 2.25. The molecule has 0 spiro atoms. The molecule has 1 aromatic carbocycles. The van der Waals surface area contributed by atoms with Gasteiger partial charge < -0.3 is 20.5 Å². The highest BCUT2D eigenvalue weighted by Crippen LogP contribution is 2.25. The molecule has 3 N–H and O–H groups in total. The number of primary amides is 1.